The van der Waals surface area contributed by atoms with Gasteiger partial charge in [0, 0.05) is 57.0 Å². The van der Waals surface area contributed by atoms with Crippen LogP contribution in [0.3, 0.4) is 0 Å². The molecule has 0 radical (unpaired) electrons. The van der Waals surface area contributed by atoms with Crippen LogP contribution in [0, 0.1) is 0 Å². The molecular formula is C24H31N5O4. The van der Waals surface area contributed by atoms with Crippen molar-refractivity contribution in [3.05, 3.63) is 42.1 Å². The Morgan fingerprint density at radius 3 is 2.48 bits per heavy atom. The Bertz CT molecular complexity index is 973. The number of hydrogen-bond acceptors (Lipinski definition) is 6. The molecule has 2 aliphatic heterocycles. The van der Waals surface area contributed by atoms with E-state index in [-0.39, 0.29) is 30.6 Å². The number of aromatic nitrogens is 2. The number of methoxy groups -OCH3 is 1. The maximum absolute atomic E-state index is 12.9. The number of likely N-dealkylation sites (tertiary alicyclic amines) is 1. The lowest BCUT2D eigenvalue weighted by Crippen LogP contribution is -2.47. The number of nitrogens with zero attached hydrogens (tertiary/aromatic N) is 5. The van der Waals surface area contributed by atoms with E-state index in [1.54, 1.807) is 22.1 Å². The second-order valence-electron chi connectivity index (χ2n) is 8.68. The predicted molar refractivity (Wildman–Crippen MR) is 124 cm³/mol. The first-order valence-corrected chi connectivity index (χ1v) is 11.4. The number of piperidine rings is 1. The van der Waals surface area contributed by atoms with Crippen molar-refractivity contribution in [3.8, 4) is 11.9 Å². The number of amides is 3. The van der Waals surface area contributed by atoms with Crippen molar-refractivity contribution in [2.75, 3.05) is 44.7 Å². The Balaban J connectivity index is 1.26. The van der Waals surface area contributed by atoms with Gasteiger partial charge in [0.1, 0.15) is 12.6 Å². The number of urea groups is 1. The molecule has 1 aromatic heterocycles. The number of ether oxygens (including phenoxy) is 2. The van der Waals surface area contributed by atoms with Gasteiger partial charge in [0.15, 0.2) is 0 Å². The zero-order valence-corrected chi connectivity index (χ0v) is 19.4. The Hall–Kier alpha value is -3.36. The number of hydrogen-bond donors (Lipinski definition) is 0. The summed E-state index contributed by atoms with van der Waals surface area (Å²) >= 11 is 0. The second-order valence-corrected chi connectivity index (χ2v) is 8.68. The van der Waals surface area contributed by atoms with Crippen LogP contribution in [0.1, 0.15) is 38.2 Å². The molecule has 3 amide bonds. The van der Waals surface area contributed by atoms with Crippen LogP contribution in [0.5, 0.6) is 11.9 Å². The van der Waals surface area contributed by atoms with E-state index >= 15 is 0 Å². The monoisotopic (exact) mass is 453 g/mol. The first-order chi connectivity index (χ1) is 15.9. The Morgan fingerprint density at radius 1 is 1.09 bits per heavy atom. The summed E-state index contributed by atoms with van der Waals surface area (Å²) in [4.78, 5) is 39.1. The second kappa shape index (κ2) is 10.1. The molecule has 0 spiro atoms. The highest BCUT2D eigenvalue weighted by Gasteiger charge is 2.33. The Labute approximate surface area is 194 Å². The maximum atomic E-state index is 12.9. The van der Waals surface area contributed by atoms with E-state index in [4.69, 9.17) is 9.47 Å². The van der Waals surface area contributed by atoms with Crippen molar-refractivity contribution in [2.45, 2.75) is 38.7 Å². The largest absolute Gasteiger partial charge is 0.474 e. The molecule has 0 atom stereocenters. The summed E-state index contributed by atoms with van der Waals surface area (Å²) in [5, 5.41) is 0. The van der Waals surface area contributed by atoms with Gasteiger partial charge in [0.2, 0.25) is 11.8 Å². The average Bonchev–Trinajstić information content (AvgIpc) is 3.19. The van der Waals surface area contributed by atoms with Crippen molar-refractivity contribution in [2.24, 2.45) is 0 Å². The van der Waals surface area contributed by atoms with Gasteiger partial charge in [-0.15, -0.1) is 0 Å². The fourth-order valence-electron chi connectivity index (χ4n) is 4.15. The van der Waals surface area contributed by atoms with Gasteiger partial charge in [-0.2, -0.15) is 4.98 Å². The molecule has 9 heteroatoms. The fourth-order valence-corrected chi connectivity index (χ4v) is 4.15. The molecule has 4 rings (SSSR count). The maximum Gasteiger partial charge on any atom is 0.325 e. The molecule has 0 saturated carbocycles. The van der Waals surface area contributed by atoms with Crippen molar-refractivity contribution in [1.82, 2.24) is 19.8 Å². The SMILES string of the molecule is COc1nccc(OC2CCN(C(=O)CN3CCN(c4ccc(C(C)C)cc4)C3=O)CC2)n1. The van der Waals surface area contributed by atoms with Gasteiger partial charge in [-0.3, -0.25) is 9.69 Å². The third-order valence-electron chi connectivity index (χ3n) is 6.17. The van der Waals surface area contributed by atoms with Crippen LogP contribution in [-0.2, 0) is 4.79 Å². The van der Waals surface area contributed by atoms with Crippen molar-refractivity contribution >= 4 is 17.6 Å². The third kappa shape index (κ3) is 5.35. The number of benzene rings is 1. The van der Waals surface area contributed by atoms with Gasteiger partial charge in [-0.05, 0) is 23.6 Å². The van der Waals surface area contributed by atoms with E-state index in [0.29, 0.717) is 50.8 Å². The molecule has 176 valence electrons. The van der Waals surface area contributed by atoms with Crippen LogP contribution in [-0.4, -0.2) is 77.6 Å². The minimum absolute atomic E-state index is 0.0219. The number of carbonyl (C=O) groups is 2. The summed E-state index contributed by atoms with van der Waals surface area (Å²) < 4.78 is 10.9. The fraction of sp³-hybridized carbons (Fsp3) is 0.500. The summed E-state index contributed by atoms with van der Waals surface area (Å²) in [6.07, 6.45) is 2.99. The summed E-state index contributed by atoms with van der Waals surface area (Å²) in [6.45, 7) is 6.71. The molecule has 9 nitrogen and oxygen atoms in total. The Morgan fingerprint density at radius 2 is 1.82 bits per heavy atom. The highest BCUT2D eigenvalue weighted by molar-refractivity contribution is 5.96. The summed E-state index contributed by atoms with van der Waals surface area (Å²) in [5.41, 5.74) is 2.11. The first-order valence-electron chi connectivity index (χ1n) is 11.4. The van der Waals surface area contributed by atoms with Crippen LogP contribution in [0.4, 0.5) is 10.5 Å². The topological polar surface area (TPSA) is 88.1 Å². The van der Waals surface area contributed by atoms with Gasteiger partial charge in [0.05, 0.1) is 7.11 Å². The lowest BCUT2D eigenvalue weighted by Gasteiger charge is -2.32. The minimum Gasteiger partial charge on any atom is -0.474 e. The molecule has 1 aromatic carbocycles. The van der Waals surface area contributed by atoms with E-state index in [9.17, 15) is 9.59 Å². The number of rotatable bonds is 7. The first kappa shape index (κ1) is 22.8. The predicted octanol–water partition coefficient (Wildman–Crippen LogP) is 2.92. The lowest BCUT2D eigenvalue weighted by atomic mass is 10.0. The number of anilines is 1. The highest BCUT2D eigenvalue weighted by Crippen LogP contribution is 2.24. The average molecular weight is 454 g/mol. The van der Waals surface area contributed by atoms with Crippen molar-refractivity contribution < 1.29 is 19.1 Å². The zero-order chi connectivity index (χ0) is 23.4. The summed E-state index contributed by atoms with van der Waals surface area (Å²) in [7, 11) is 1.51. The van der Waals surface area contributed by atoms with Crippen LogP contribution >= 0.6 is 0 Å². The van der Waals surface area contributed by atoms with Gasteiger partial charge in [-0.25, -0.2) is 9.78 Å². The van der Waals surface area contributed by atoms with E-state index in [1.807, 2.05) is 17.0 Å². The molecule has 3 heterocycles. The molecule has 2 aliphatic rings. The lowest BCUT2D eigenvalue weighted by molar-refractivity contribution is -0.133. The molecule has 0 aliphatic carbocycles. The van der Waals surface area contributed by atoms with Crippen molar-refractivity contribution in [3.63, 3.8) is 0 Å². The molecule has 2 aromatic rings. The quantitative estimate of drug-likeness (QED) is 0.641. The Kier molecular flexibility index (Phi) is 6.96. The minimum atomic E-state index is -0.114. The highest BCUT2D eigenvalue weighted by atomic mass is 16.5. The molecule has 0 N–H and O–H groups in total. The standard InChI is InChI=1S/C24H31N5O4/c1-17(2)18-4-6-19(7-5-18)29-15-14-28(24(29)31)16-22(30)27-12-9-20(10-13-27)33-21-8-11-25-23(26-21)32-3/h4-8,11,17,20H,9-10,12-16H2,1-3H3. The zero-order valence-electron chi connectivity index (χ0n) is 19.4. The normalized spacial score (nSPS) is 17.1. The molecule has 0 bridgehead atoms. The van der Waals surface area contributed by atoms with Crippen LogP contribution < -0.4 is 14.4 Å². The smallest absolute Gasteiger partial charge is 0.325 e. The van der Waals surface area contributed by atoms with Crippen LogP contribution in [0.15, 0.2) is 36.5 Å². The molecule has 0 unspecified atom stereocenters. The molecular weight excluding hydrogens is 422 g/mol. The van der Waals surface area contributed by atoms with E-state index in [1.165, 1.54) is 12.7 Å². The van der Waals surface area contributed by atoms with Gasteiger partial charge < -0.3 is 19.3 Å². The van der Waals surface area contributed by atoms with Gasteiger partial charge in [0.25, 0.3) is 0 Å². The van der Waals surface area contributed by atoms with Crippen molar-refractivity contribution in [1.29, 1.82) is 0 Å². The van der Waals surface area contributed by atoms with Gasteiger partial charge >= 0.3 is 12.0 Å². The van der Waals surface area contributed by atoms with Gasteiger partial charge in [-0.1, -0.05) is 26.0 Å². The van der Waals surface area contributed by atoms with E-state index in [0.717, 1.165) is 5.69 Å². The summed E-state index contributed by atoms with van der Waals surface area (Å²) in [6, 6.07) is 9.93. The summed E-state index contributed by atoms with van der Waals surface area (Å²) in [5.74, 6) is 0.888. The van der Waals surface area contributed by atoms with Crippen LogP contribution in [0.2, 0.25) is 0 Å². The van der Waals surface area contributed by atoms with E-state index < -0.39 is 0 Å². The third-order valence-corrected chi connectivity index (χ3v) is 6.17. The number of carbonyl (C=O) groups excluding carboxylic acids is 2. The van der Waals surface area contributed by atoms with E-state index in [2.05, 4.69) is 35.9 Å². The molecule has 33 heavy (non-hydrogen) atoms. The molecule has 2 fully saturated rings. The van der Waals surface area contributed by atoms with Crippen LogP contribution in [0.25, 0.3) is 0 Å². The molecule has 2 saturated heterocycles.